The molecule has 3 rings (SSSR count). The van der Waals surface area contributed by atoms with E-state index in [0.717, 1.165) is 36.4 Å². The van der Waals surface area contributed by atoms with Crippen LogP contribution in [0.15, 0.2) is 30.3 Å². The summed E-state index contributed by atoms with van der Waals surface area (Å²) in [5.74, 6) is 1.25. The van der Waals surface area contributed by atoms with Crippen molar-refractivity contribution in [3.63, 3.8) is 0 Å². The molecule has 1 aliphatic carbocycles. The summed E-state index contributed by atoms with van der Waals surface area (Å²) in [5.41, 5.74) is 1.50. The summed E-state index contributed by atoms with van der Waals surface area (Å²) in [6, 6.07) is 9.38. The van der Waals surface area contributed by atoms with E-state index in [2.05, 4.69) is 26.1 Å². The molecule has 0 aliphatic heterocycles. The summed E-state index contributed by atoms with van der Waals surface area (Å²) in [7, 11) is 1.62. The van der Waals surface area contributed by atoms with Gasteiger partial charge >= 0.3 is 0 Å². The van der Waals surface area contributed by atoms with Crippen LogP contribution in [-0.2, 0) is 15.0 Å². The molecule has 0 radical (unpaired) electrons. The van der Waals surface area contributed by atoms with Crippen molar-refractivity contribution in [2.24, 2.45) is 5.92 Å². The van der Waals surface area contributed by atoms with Gasteiger partial charge in [0, 0.05) is 23.4 Å². The molecule has 1 fully saturated rings. The van der Waals surface area contributed by atoms with Crippen molar-refractivity contribution in [3.05, 3.63) is 36.0 Å². The number of aromatic nitrogens is 2. The molecule has 0 bridgehead atoms. The van der Waals surface area contributed by atoms with Crippen LogP contribution in [0, 0.1) is 5.92 Å². The lowest BCUT2D eigenvalue weighted by molar-refractivity contribution is -0.142. The monoisotopic (exact) mass is 426 g/mol. The molecule has 2 aromatic rings. The number of anilines is 1. The van der Waals surface area contributed by atoms with Crippen LogP contribution in [0.1, 0.15) is 59.6 Å². The van der Waals surface area contributed by atoms with Crippen molar-refractivity contribution in [1.29, 1.82) is 0 Å². The lowest BCUT2D eigenvalue weighted by Crippen LogP contribution is -2.46. The van der Waals surface area contributed by atoms with Gasteiger partial charge in [-0.05, 0) is 51.0 Å². The van der Waals surface area contributed by atoms with E-state index in [1.807, 2.05) is 44.2 Å². The number of hydrogen-bond acceptors (Lipinski definition) is 4. The Morgan fingerprint density at radius 3 is 2.35 bits per heavy atom. The SMILES string of the molecule is COc1ccc(-n2nc(C(C)(C)C)cc2NC(=O)CN(C(=O)C2CCC2)C(C)C)cc1. The first-order chi connectivity index (χ1) is 14.6. The predicted octanol–water partition coefficient (Wildman–Crippen LogP) is 4.15. The van der Waals surface area contributed by atoms with Crippen LogP contribution in [0.4, 0.5) is 5.82 Å². The Labute approximate surface area is 184 Å². The molecule has 1 aliphatic rings. The minimum atomic E-state index is -0.225. The van der Waals surface area contributed by atoms with Crippen LogP contribution in [0.25, 0.3) is 5.69 Å². The van der Waals surface area contributed by atoms with E-state index in [1.54, 1.807) is 16.7 Å². The third-order valence-electron chi connectivity index (χ3n) is 5.74. The van der Waals surface area contributed by atoms with Crippen LogP contribution in [0.3, 0.4) is 0 Å². The van der Waals surface area contributed by atoms with Crippen molar-refractivity contribution in [2.75, 3.05) is 19.0 Å². The van der Waals surface area contributed by atoms with E-state index in [-0.39, 0.29) is 35.7 Å². The number of nitrogens with zero attached hydrogens (tertiary/aromatic N) is 3. The Bertz CT molecular complexity index is 921. The number of carbonyl (C=O) groups is 2. The first-order valence-corrected chi connectivity index (χ1v) is 11.0. The third-order valence-corrected chi connectivity index (χ3v) is 5.74. The van der Waals surface area contributed by atoms with Crippen LogP contribution in [0.2, 0.25) is 0 Å². The second-order valence-electron chi connectivity index (χ2n) is 9.51. The highest BCUT2D eigenvalue weighted by Crippen LogP contribution is 2.29. The first-order valence-electron chi connectivity index (χ1n) is 11.0. The van der Waals surface area contributed by atoms with Gasteiger partial charge in [0.15, 0.2) is 0 Å². The Balaban J connectivity index is 1.83. The molecule has 2 amide bonds. The fraction of sp³-hybridized carbons (Fsp3) is 0.542. The summed E-state index contributed by atoms with van der Waals surface area (Å²) >= 11 is 0. The number of benzene rings is 1. The van der Waals surface area contributed by atoms with Crippen LogP contribution < -0.4 is 10.1 Å². The van der Waals surface area contributed by atoms with E-state index < -0.39 is 0 Å². The zero-order chi connectivity index (χ0) is 22.8. The molecule has 1 aromatic carbocycles. The number of hydrogen-bond donors (Lipinski definition) is 1. The van der Waals surface area contributed by atoms with Gasteiger partial charge in [0.25, 0.3) is 0 Å². The smallest absolute Gasteiger partial charge is 0.245 e. The lowest BCUT2D eigenvalue weighted by atomic mass is 9.84. The minimum Gasteiger partial charge on any atom is -0.497 e. The molecular weight excluding hydrogens is 392 g/mol. The molecule has 0 spiro atoms. The Hall–Kier alpha value is -2.83. The van der Waals surface area contributed by atoms with E-state index in [0.29, 0.717) is 5.82 Å². The van der Waals surface area contributed by atoms with Gasteiger partial charge in [-0.2, -0.15) is 5.10 Å². The van der Waals surface area contributed by atoms with E-state index in [4.69, 9.17) is 9.84 Å². The number of rotatable bonds is 7. The lowest BCUT2D eigenvalue weighted by Gasteiger charge is -2.33. The van der Waals surface area contributed by atoms with Gasteiger partial charge in [-0.1, -0.05) is 27.2 Å². The fourth-order valence-electron chi connectivity index (χ4n) is 3.50. The van der Waals surface area contributed by atoms with Crippen molar-refractivity contribution >= 4 is 17.6 Å². The molecule has 168 valence electrons. The molecule has 0 saturated heterocycles. The van der Waals surface area contributed by atoms with Gasteiger partial charge < -0.3 is 15.0 Å². The van der Waals surface area contributed by atoms with Crippen molar-refractivity contribution < 1.29 is 14.3 Å². The maximum Gasteiger partial charge on any atom is 0.245 e. The molecule has 7 nitrogen and oxygen atoms in total. The average Bonchev–Trinajstić information content (AvgIpc) is 3.08. The standard InChI is InChI=1S/C24H34N4O3/c1-16(2)27(23(30)17-8-7-9-17)15-22(29)25-21-14-20(24(3,4)5)26-28(21)18-10-12-19(31-6)13-11-18/h10-14,16-17H,7-9,15H2,1-6H3,(H,25,29). The molecule has 31 heavy (non-hydrogen) atoms. The molecule has 1 saturated carbocycles. The van der Waals surface area contributed by atoms with Crippen molar-refractivity contribution in [2.45, 2.75) is 65.3 Å². The zero-order valence-electron chi connectivity index (χ0n) is 19.4. The summed E-state index contributed by atoms with van der Waals surface area (Å²) in [4.78, 5) is 27.4. The van der Waals surface area contributed by atoms with Crippen molar-refractivity contribution in [3.8, 4) is 11.4 Å². The van der Waals surface area contributed by atoms with Gasteiger partial charge in [0.2, 0.25) is 11.8 Å². The van der Waals surface area contributed by atoms with Crippen LogP contribution in [0.5, 0.6) is 5.75 Å². The third kappa shape index (κ3) is 5.27. The second-order valence-corrected chi connectivity index (χ2v) is 9.51. The number of ether oxygens (including phenoxy) is 1. The summed E-state index contributed by atoms with van der Waals surface area (Å²) in [6.45, 7) is 10.2. The molecule has 7 heteroatoms. The topological polar surface area (TPSA) is 76.5 Å². The van der Waals surface area contributed by atoms with Gasteiger partial charge in [0.05, 0.1) is 18.5 Å². The van der Waals surface area contributed by atoms with E-state index >= 15 is 0 Å². The second kappa shape index (κ2) is 9.12. The van der Waals surface area contributed by atoms with E-state index in [1.165, 1.54) is 0 Å². The Kier molecular flexibility index (Phi) is 6.72. The van der Waals surface area contributed by atoms with E-state index in [9.17, 15) is 9.59 Å². The quantitative estimate of drug-likeness (QED) is 0.721. The molecular formula is C24H34N4O3. The number of amides is 2. The number of nitrogens with one attached hydrogen (secondary N) is 1. The van der Waals surface area contributed by atoms with Gasteiger partial charge in [-0.25, -0.2) is 4.68 Å². The summed E-state index contributed by atoms with van der Waals surface area (Å²) in [5, 5.41) is 7.72. The first kappa shape index (κ1) is 22.8. The molecule has 0 atom stereocenters. The largest absolute Gasteiger partial charge is 0.497 e. The average molecular weight is 427 g/mol. The molecule has 1 aromatic heterocycles. The van der Waals surface area contributed by atoms with Gasteiger partial charge in [-0.15, -0.1) is 0 Å². The van der Waals surface area contributed by atoms with Crippen molar-refractivity contribution in [1.82, 2.24) is 14.7 Å². The number of carbonyl (C=O) groups excluding carboxylic acids is 2. The number of methoxy groups -OCH3 is 1. The molecule has 1 N–H and O–H groups in total. The summed E-state index contributed by atoms with van der Waals surface area (Å²) in [6.07, 6.45) is 2.93. The highest BCUT2D eigenvalue weighted by molar-refractivity contribution is 5.94. The van der Waals surface area contributed by atoms with Gasteiger partial charge in [-0.3, -0.25) is 9.59 Å². The van der Waals surface area contributed by atoms with Crippen LogP contribution in [-0.4, -0.2) is 46.2 Å². The normalized spacial score (nSPS) is 14.3. The Morgan fingerprint density at radius 2 is 1.87 bits per heavy atom. The molecule has 0 unspecified atom stereocenters. The maximum absolute atomic E-state index is 12.9. The maximum atomic E-state index is 12.9. The minimum absolute atomic E-state index is 0.0320. The highest BCUT2D eigenvalue weighted by Gasteiger charge is 2.32. The predicted molar refractivity (Wildman–Crippen MR) is 122 cm³/mol. The molecule has 1 heterocycles. The summed E-state index contributed by atoms with van der Waals surface area (Å²) < 4.78 is 6.97. The Morgan fingerprint density at radius 1 is 1.23 bits per heavy atom. The van der Waals surface area contributed by atoms with Crippen LogP contribution >= 0.6 is 0 Å². The zero-order valence-corrected chi connectivity index (χ0v) is 19.4. The fourth-order valence-corrected chi connectivity index (χ4v) is 3.50. The van der Waals surface area contributed by atoms with Gasteiger partial charge in [0.1, 0.15) is 18.1 Å². The highest BCUT2D eigenvalue weighted by atomic mass is 16.5.